The maximum absolute atomic E-state index is 11.4. The van der Waals surface area contributed by atoms with Crippen molar-refractivity contribution in [2.45, 2.75) is 4.90 Å². The molecule has 0 amide bonds. The number of carboxylic acids is 1. The summed E-state index contributed by atoms with van der Waals surface area (Å²) in [7, 11) is -3.90. The Labute approximate surface area is 124 Å². The number of rotatable bonds is 3. The SMILES string of the molecule is NS(=O)(=O)c1cncc(-n2ncc3c(C(=O)O)cncc32)c1. The Balaban J connectivity index is 2.24. The number of hydrogen-bond acceptors (Lipinski definition) is 6. The number of hydrogen-bond donors (Lipinski definition) is 2. The largest absolute Gasteiger partial charge is 0.478 e. The van der Waals surface area contributed by atoms with Crippen LogP contribution < -0.4 is 5.14 Å². The predicted molar refractivity (Wildman–Crippen MR) is 75.0 cm³/mol. The van der Waals surface area contributed by atoms with Crippen LogP contribution in [0.25, 0.3) is 16.6 Å². The van der Waals surface area contributed by atoms with Crippen LogP contribution in [0.5, 0.6) is 0 Å². The second-order valence-electron chi connectivity index (χ2n) is 4.41. The van der Waals surface area contributed by atoms with Crippen molar-refractivity contribution in [2.24, 2.45) is 5.14 Å². The molecule has 3 rings (SSSR count). The molecule has 0 bridgehead atoms. The molecule has 22 heavy (non-hydrogen) atoms. The lowest BCUT2D eigenvalue weighted by Crippen LogP contribution is -2.13. The molecule has 0 fully saturated rings. The predicted octanol–water partition coefficient (Wildman–Crippen LogP) is 0.161. The van der Waals surface area contributed by atoms with Crippen LogP contribution in [0, 0.1) is 0 Å². The molecule has 0 aliphatic rings. The van der Waals surface area contributed by atoms with Crippen molar-refractivity contribution in [3.05, 3.63) is 42.6 Å². The summed E-state index contributed by atoms with van der Waals surface area (Å²) in [5.41, 5.74) is 0.735. The zero-order chi connectivity index (χ0) is 15.9. The fourth-order valence-corrected chi connectivity index (χ4v) is 2.49. The Hall–Kier alpha value is -2.85. The summed E-state index contributed by atoms with van der Waals surface area (Å²) in [5.74, 6) is -1.13. The van der Waals surface area contributed by atoms with Gasteiger partial charge in [0.15, 0.2) is 0 Å². The molecule has 3 aromatic rings. The first-order valence-electron chi connectivity index (χ1n) is 5.91. The zero-order valence-corrected chi connectivity index (χ0v) is 11.7. The van der Waals surface area contributed by atoms with Gasteiger partial charge in [-0.05, 0) is 6.07 Å². The molecular formula is C12H9N5O4S. The first-order chi connectivity index (χ1) is 10.4. The van der Waals surface area contributed by atoms with Crippen molar-refractivity contribution in [1.82, 2.24) is 19.7 Å². The van der Waals surface area contributed by atoms with Crippen LogP contribution in [-0.2, 0) is 10.0 Å². The number of nitrogens with two attached hydrogens (primary N) is 1. The maximum Gasteiger partial charge on any atom is 0.338 e. The highest BCUT2D eigenvalue weighted by Crippen LogP contribution is 2.21. The second kappa shape index (κ2) is 4.86. The minimum absolute atomic E-state index is 0.000639. The van der Waals surface area contributed by atoms with E-state index in [-0.39, 0.29) is 10.5 Å². The maximum atomic E-state index is 11.4. The number of sulfonamides is 1. The van der Waals surface area contributed by atoms with Gasteiger partial charge in [-0.3, -0.25) is 9.97 Å². The molecule has 0 spiro atoms. The quantitative estimate of drug-likeness (QED) is 0.700. The third kappa shape index (κ3) is 2.29. The molecule has 9 nitrogen and oxygen atoms in total. The Morgan fingerprint density at radius 3 is 2.55 bits per heavy atom. The van der Waals surface area contributed by atoms with Gasteiger partial charge < -0.3 is 5.11 Å². The van der Waals surface area contributed by atoms with E-state index in [0.29, 0.717) is 16.6 Å². The molecule has 3 aromatic heterocycles. The number of pyridine rings is 2. The van der Waals surface area contributed by atoms with Crippen LogP contribution in [0.2, 0.25) is 0 Å². The number of carbonyl (C=O) groups is 1. The van der Waals surface area contributed by atoms with E-state index in [0.717, 1.165) is 6.20 Å². The van der Waals surface area contributed by atoms with Gasteiger partial charge in [0.2, 0.25) is 10.0 Å². The third-order valence-electron chi connectivity index (χ3n) is 3.00. The molecule has 0 radical (unpaired) electrons. The lowest BCUT2D eigenvalue weighted by atomic mass is 10.2. The van der Waals surface area contributed by atoms with Crippen molar-refractivity contribution in [3.63, 3.8) is 0 Å². The van der Waals surface area contributed by atoms with Crippen LogP contribution in [0.3, 0.4) is 0 Å². The van der Waals surface area contributed by atoms with E-state index in [1.807, 2.05) is 0 Å². The molecule has 10 heteroatoms. The van der Waals surface area contributed by atoms with Crippen molar-refractivity contribution in [3.8, 4) is 5.69 Å². The van der Waals surface area contributed by atoms with Gasteiger partial charge in [-0.2, -0.15) is 5.10 Å². The fraction of sp³-hybridized carbons (Fsp3) is 0. The van der Waals surface area contributed by atoms with Crippen LogP contribution in [0.4, 0.5) is 0 Å². The Morgan fingerprint density at radius 2 is 1.86 bits per heavy atom. The Morgan fingerprint density at radius 1 is 1.14 bits per heavy atom. The first-order valence-corrected chi connectivity index (χ1v) is 7.46. The summed E-state index contributed by atoms with van der Waals surface area (Å²) in [6.45, 7) is 0. The fourth-order valence-electron chi connectivity index (χ4n) is 2.00. The molecular weight excluding hydrogens is 310 g/mol. The summed E-state index contributed by atoms with van der Waals surface area (Å²) in [6, 6.07) is 1.29. The zero-order valence-electron chi connectivity index (χ0n) is 10.9. The van der Waals surface area contributed by atoms with Gasteiger partial charge in [-0.15, -0.1) is 0 Å². The number of primary sulfonamides is 1. The summed E-state index contributed by atoms with van der Waals surface area (Å²) in [6.07, 6.45) is 6.51. The lowest BCUT2D eigenvalue weighted by molar-refractivity contribution is 0.0698. The van der Waals surface area contributed by atoms with Gasteiger partial charge in [0.1, 0.15) is 4.90 Å². The first kappa shape index (κ1) is 14.1. The molecule has 112 valence electrons. The third-order valence-corrected chi connectivity index (χ3v) is 3.88. The van der Waals surface area contributed by atoms with Gasteiger partial charge in [-0.25, -0.2) is 23.0 Å². The Kier molecular flexibility index (Phi) is 3.11. The van der Waals surface area contributed by atoms with Crippen molar-refractivity contribution in [2.75, 3.05) is 0 Å². The standard InChI is InChI=1S/C12H9N5O4S/c13-22(20,21)8-1-7(2-14-3-8)17-11-6-15-4-10(12(18)19)9(11)5-16-17/h1-6H,(H,18,19)(H2,13,20,21). The highest BCUT2D eigenvalue weighted by Gasteiger charge is 2.15. The van der Waals surface area contributed by atoms with Crippen molar-refractivity contribution < 1.29 is 18.3 Å². The molecule has 0 aliphatic carbocycles. The van der Waals surface area contributed by atoms with Gasteiger partial charge >= 0.3 is 5.97 Å². The highest BCUT2D eigenvalue weighted by molar-refractivity contribution is 7.89. The molecule has 0 atom stereocenters. The van der Waals surface area contributed by atoms with Gasteiger partial charge in [-0.1, -0.05) is 0 Å². The molecule has 0 aromatic carbocycles. The van der Waals surface area contributed by atoms with E-state index in [9.17, 15) is 13.2 Å². The lowest BCUT2D eigenvalue weighted by Gasteiger charge is -2.05. The average Bonchev–Trinajstić information content (AvgIpc) is 2.90. The number of aromatic carboxylic acids is 1. The van der Waals surface area contributed by atoms with Crippen LogP contribution in [0.15, 0.2) is 41.9 Å². The Bertz CT molecular complexity index is 996. The average molecular weight is 319 g/mol. The normalized spacial score (nSPS) is 11.7. The van der Waals surface area contributed by atoms with Gasteiger partial charge in [0, 0.05) is 17.8 Å². The van der Waals surface area contributed by atoms with Crippen LogP contribution >= 0.6 is 0 Å². The monoisotopic (exact) mass is 319 g/mol. The second-order valence-corrected chi connectivity index (χ2v) is 5.97. The topological polar surface area (TPSA) is 141 Å². The molecule has 0 saturated heterocycles. The van der Waals surface area contributed by atoms with Gasteiger partial charge in [0.05, 0.1) is 35.4 Å². The molecule has 0 unspecified atom stereocenters. The minimum atomic E-state index is -3.90. The van der Waals surface area contributed by atoms with E-state index in [1.54, 1.807) is 0 Å². The number of carboxylic acid groups (broad SMARTS) is 1. The van der Waals surface area contributed by atoms with Crippen LogP contribution in [0.1, 0.15) is 10.4 Å². The van der Waals surface area contributed by atoms with Crippen molar-refractivity contribution in [1.29, 1.82) is 0 Å². The molecule has 0 saturated carbocycles. The van der Waals surface area contributed by atoms with E-state index in [2.05, 4.69) is 15.1 Å². The number of fused-ring (bicyclic) bond motifs is 1. The molecule has 3 N–H and O–H groups in total. The van der Waals surface area contributed by atoms with E-state index >= 15 is 0 Å². The number of nitrogens with zero attached hydrogens (tertiary/aromatic N) is 4. The van der Waals surface area contributed by atoms with Crippen molar-refractivity contribution >= 4 is 26.9 Å². The summed E-state index contributed by atoms with van der Waals surface area (Å²) < 4.78 is 24.1. The van der Waals surface area contributed by atoms with Crippen LogP contribution in [-0.4, -0.2) is 39.2 Å². The minimum Gasteiger partial charge on any atom is -0.478 e. The summed E-state index contributed by atoms with van der Waals surface area (Å²) in [4.78, 5) is 18.7. The van der Waals surface area contributed by atoms with E-state index < -0.39 is 16.0 Å². The van der Waals surface area contributed by atoms with E-state index in [1.165, 1.54) is 35.5 Å². The summed E-state index contributed by atoms with van der Waals surface area (Å²) in [5, 5.41) is 18.6. The highest BCUT2D eigenvalue weighted by atomic mass is 32.2. The smallest absolute Gasteiger partial charge is 0.338 e. The number of aromatic nitrogens is 4. The molecule has 0 aliphatic heterocycles. The summed E-state index contributed by atoms with van der Waals surface area (Å²) >= 11 is 0. The van der Waals surface area contributed by atoms with Gasteiger partial charge in [0.25, 0.3) is 0 Å². The van der Waals surface area contributed by atoms with E-state index in [4.69, 9.17) is 10.2 Å². The molecule has 3 heterocycles.